The second-order valence-corrected chi connectivity index (χ2v) is 8.78. The number of fused-ring (bicyclic) bond motifs is 1. The summed E-state index contributed by atoms with van der Waals surface area (Å²) in [7, 11) is -2.92. The van der Waals surface area contributed by atoms with Crippen molar-refractivity contribution < 1.29 is 23.2 Å². The summed E-state index contributed by atoms with van der Waals surface area (Å²) in [5, 5.41) is 0. The monoisotopic (exact) mass is 395 g/mol. The van der Waals surface area contributed by atoms with E-state index in [1.165, 1.54) is 4.90 Å². The Labute approximate surface area is 161 Å². The summed E-state index contributed by atoms with van der Waals surface area (Å²) in [6.45, 7) is 4.90. The molecule has 6 nitrogen and oxygen atoms in total. The van der Waals surface area contributed by atoms with Crippen LogP contribution in [0.15, 0.2) is 24.3 Å². The van der Waals surface area contributed by atoms with Crippen LogP contribution in [0.3, 0.4) is 0 Å². The molecule has 1 heterocycles. The van der Waals surface area contributed by atoms with Gasteiger partial charge >= 0.3 is 7.60 Å². The molecule has 0 atom stereocenters. The SMILES string of the molecule is CCOP(=O)(CCCCCCCCN1C(=O)c2ccccc2C1=O)OCC. The fraction of sp³-hybridized carbons (Fsp3) is 0.600. The molecule has 7 heteroatoms. The van der Waals surface area contributed by atoms with Crippen LogP contribution in [0.1, 0.15) is 73.1 Å². The Morgan fingerprint density at radius 3 is 1.81 bits per heavy atom. The Bertz CT molecular complexity index is 646. The Morgan fingerprint density at radius 1 is 0.815 bits per heavy atom. The summed E-state index contributed by atoms with van der Waals surface area (Å²) in [5.41, 5.74) is 1.02. The summed E-state index contributed by atoms with van der Waals surface area (Å²) in [6, 6.07) is 6.98. The van der Waals surface area contributed by atoms with Gasteiger partial charge in [0.25, 0.3) is 11.8 Å². The number of rotatable bonds is 13. The maximum Gasteiger partial charge on any atom is 0.330 e. The van der Waals surface area contributed by atoms with Crippen LogP contribution >= 0.6 is 7.60 Å². The van der Waals surface area contributed by atoms with Crippen LogP contribution in [0, 0.1) is 0 Å². The molecule has 1 aromatic carbocycles. The quantitative estimate of drug-likeness (QED) is 0.270. The zero-order valence-electron chi connectivity index (χ0n) is 16.3. The second-order valence-electron chi connectivity index (χ2n) is 6.60. The molecule has 0 aromatic heterocycles. The lowest BCUT2D eigenvalue weighted by molar-refractivity contribution is 0.0651. The van der Waals surface area contributed by atoms with Crippen molar-refractivity contribution in [1.82, 2.24) is 4.90 Å². The number of amides is 2. The van der Waals surface area contributed by atoms with Crippen molar-refractivity contribution in [3.8, 4) is 0 Å². The molecule has 0 aliphatic carbocycles. The van der Waals surface area contributed by atoms with Crippen LogP contribution in [0.4, 0.5) is 0 Å². The molecule has 0 saturated carbocycles. The van der Waals surface area contributed by atoms with Crippen LogP contribution in [0.25, 0.3) is 0 Å². The van der Waals surface area contributed by atoms with Gasteiger partial charge < -0.3 is 9.05 Å². The summed E-state index contributed by atoms with van der Waals surface area (Å²) < 4.78 is 22.9. The standard InChI is InChI=1S/C20H30NO5P/c1-3-25-27(24,26-4-2)16-12-8-6-5-7-11-15-21-19(22)17-13-9-10-14-18(17)20(21)23/h9-10,13-14H,3-8,11-12,15-16H2,1-2H3. The van der Waals surface area contributed by atoms with Crippen molar-refractivity contribution in [3.05, 3.63) is 35.4 Å². The Balaban J connectivity index is 1.60. The van der Waals surface area contributed by atoms with Crippen molar-refractivity contribution in [2.45, 2.75) is 52.4 Å². The van der Waals surface area contributed by atoms with Gasteiger partial charge in [-0.1, -0.05) is 37.8 Å². The zero-order valence-corrected chi connectivity index (χ0v) is 17.2. The number of carbonyl (C=O) groups excluding carboxylic acids is 2. The van der Waals surface area contributed by atoms with E-state index >= 15 is 0 Å². The number of benzene rings is 1. The van der Waals surface area contributed by atoms with Gasteiger partial charge in [0.1, 0.15) is 0 Å². The molecule has 2 amide bonds. The van der Waals surface area contributed by atoms with Gasteiger partial charge in [0.05, 0.1) is 30.5 Å². The zero-order chi connectivity index (χ0) is 19.7. The highest BCUT2D eigenvalue weighted by Crippen LogP contribution is 2.48. The van der Waals surface area contributed by atoms with E-state index in [1.807, 2.05) is 13.8 Å². The molecular weight excluding hydrogens is 365 g/mol. The number of hydrogen-bond donors (Lipinski definition) is 0. The van der Waals surface area contributed by atoms with E-state index in [0.717, 1.165) is 38.5 Å². The average Bonchev–Trinajstić information content (AvgIpc) is 2.89. The highest BCUT2D eigenvalue weighted by Gasteiger charge is 2.34. The molecule has 0 radical (unpaired) electrons. The van der Waals surface area contributed by atoms with Crippen LogP contribution in [0.5, 0.6) is 0 Å². The molecule has 2 rings (SSSR count). The van der Waals surface area contributed by atoms with Crippen molar-refractivity contribution in [2.24, 2.45) is 0 Å². The largest absolute Gasteiger partial charge is 0.330 e. The highest BCUT2D eigenvalue weighted by molar-refractivity contribution is 7.53. The number of unbranched alkanes of at least 4 members (excludes halogenated alkanes) is 5. The molecule has 0 fully saturated rings. The van der Waals surface area contributed by atoms with Gasteiger partial charge in [-0.3, -0.25) is 19.1 Å². The highest BCUT2D eigenvalue weighted by atomic mass is 31.2. The van der Waals surface area contributed by atoms with Gasteiger partial charge in [-0.05, 0) is 38.8 Å². The molecule has 1 aliphatic rings. The molecule has 150 valence electrons. The molecule has 1 aromatic rings. The average molecular weight is 395 g/mol. The topological polar surface area (TPSA) is 72.9 Å². The van der Waals surface area contributed by atoms with E-state index in [-0.39, 0.29) is 11.8 Å². The van der Waals surface area contributed by atoms with Crippen molar-refractivity contribution in [1.29, 1.82) is 0 Å². The predicted octanol–water partition coefficient (Wildman–Crippen LogP) is 4.89. The fourth-order valence-electron chi connectivity index (χ4n) is 3.28. The van der Waals surface area contributed by atoms with Crippen molar-refractivity contribution >= 4 is 19.4 Å². The molecule has 1 aliphatic heterocycles. The molecule has 0 bridgehead atoms. The summed E-state index contributed by atoms with van der Waals surface area (Å²) in [5.74, 6) is -0.364. The number of nitrogens with zero attached hydrogens (tertiary/aromatic N) is 1. The second kappa shape index (κ2) is 10.7. The summed E-state index contributed by atoms with van der Waals surface area (Å²) >= 11 is 0. The first-order valence-electron chi connectivity index (χ1n) is 9.85. The first-order valence-corrected chi connectivity index (χ1v) is 11.6. The van der Waals surface area contributed by atoms with Crippen LogP contribution in [-0.2, 0) is 13.6 Å². The van der Waals surface area contributed by atoms with E-state index in [9.17, 15) is 14.2 Å². The van der Waals surface area contributed by atoms with Gasteiger partial charge in [-0.2, -0.15) is 0 Å². The number of carbonyl (C=O) groups is 2. The van der Waals surface area contributed by atoms with E-state index in [2.05, 4.69) is 0 Å². The van der Waals surface area contributed by atoms with Gasteiger partial charge in [-0.25, -0.2) is 0 Å². The molecule has 0 saturated heterocycles. The van der Waals surface area contributed by atoms with Crippen LogP contribution in [0.2, 0.25) is 0 Å². The van der Waals surface area contributed by atoms with Gasteiger partial charge in [0.2, 0.25) is 0 Å². The minimum Gasteiger partial charge on any atom is -0.309 e. The lowest BCUT2D eigenvalue weighted by atomic mass is 10.1. The Hall–Kier alpha value is -1.49. The minimum atomic E-state index is -2.92. The third kappa shape index (κ3) is 6.00. The normalized spacial score (nSPS) is 14.1. The third-order valence-electron chi connectivity index (χ3n) is 4.59. The van der Waals surface area contributed by atoms with Crippen LogP contribution in [-0.4, -0.2) is 42.6 Å². The molecule has 0 spiro atoms. The van der Waals surface area contributed by atoms with Crippen molar-refractivity contribution in [2.75, 3.05) is 25.9 Å². The first-order chi connectivity index (χ1) is 13.0. The molecule has 27 heavy (non-hydrogen) atoms. The maximum absolute atomic E-state index is 12.3. The molecular formula is C20H30NO5P. The predicted molar refractivity (Wildman–Crippen MR) is 105 cm³/mol. The van der Waals surface area contributed by atoms with Crippen LogP contribution < -0.4 is 0 Å². The van der Waals surface area contributed by atoms with Gasteiger partial charge in [0, 0.05) is 6.54 Å². The molecule has 0 unspecified atom stereocenters. The third-order valence-corrected chi connectivity index (χ3v) is 6.76. The minimum absolute atomic E-state index is 0.182. The van der Waals surface area contributed by atoms with Crippen molar-refractivity contribution in [3.63, 3.8) is 0 Å². The number of hydrogen-bond acceptors (Lipinski definition) is 5. The van der Waals surface area contributed by atoms with E-state index in [1.54, 1.807) is 24.3 Å². The van der Waals surface area contributed by atoms with Gasteiger partial charge in [0.15, 0.2) is 0 Å². The fourth-order valence-corrected chi connectivity index (χ4v) is 5.01. The van der Waals surface area contributed by atoms with E-state index in [4.69, 9.17) is 9.05 Å². The van der Waals surface area contributed by atoms with E-state index in [0.29, 0.717) is 37.0 Å². The smallest absolute Gasteiger partial charge is 0.309 e. The number of imide groups is 1. The lowest BCUT2D eigenvalue weighted by Gasteiger charge is -2.16. The Morgan fingerprint density at radius 2 is 1.30 bits per heavy atom. The molecule has 0 N–H and O–H groups in total. The lowest BCUT2D eigenvalue weighted by Crippen LogP contribution is -2.30. The van der Waals surface area contributed by atoms with Gasteiger partial charge in [-0.15, -0.1) is 0 Å². The summed E-state index contributed by atoms with van der Waals surface area (Å²) in [6.07, 6.45) is 6.07. The van der Waals surface area contributed by atoms with E-state index < -0.39 is 7.60 Å². The Kier molecular flexibility index (Phi) is 8.68. The maximum atomic E-state index is 12.3. The summed E-state index contributed by atoms with van der Waals surface area (Å²) in [4.78, 5) is 25.9. The first kappa shape index (κ1) is 21.8.